The van der Waals surface area contributed by atoms with E-state index in [-0.39, 0.29) is 5.56 Å². The Kier molecular flexibility index (Phi) is 5.00. The summed E-state index contributed by atoms with van der Waals surface area (Å²) in [4.78, 5) is 28.2. The largest absolute Gasteiger partial charge is 0.296 e. The first-order valence-corrected chi connectivity index (χ1v) is 11.3. The van der Waals surface area contributed by atoms with Gasteiger partial charge in [0.05, 0.1) is 11.0 Å². The van der Waals surface area contributed by atoms with Gasteiger partial charge in [-0.25, -0.2) is 15.0 Å². The lowest BCUT2D eigenvalue weighted by molar-refractivity contribution is 0.624. The monoisotopic (exact) mass is 425 g/mol. The molecule has 3 aromatic heterocycles. The van der Waals surface area contributed by atoms with Crippen molar-refractivity contribution in [1.29, 1.82) is 0 Å². The summed E-state index contributed by atoms with van der Waals surface area (Å²) < 4.78 is 3.73. The fraction of sp³-hybridized carbons (Fsp3) is 0.308. The average Bonchev–Trinajstić information content (AvgIpc) is 3.12. The molecule has 0 unspecified atom stereocenters. The Balaban J connectivity index is 1.90. The third-order valence-electron chi connectivity index (χ3n) is 6.33. The third kappa shape index (κ3) is 3.09. The van der Waals surface area contributed by atoms with Crippen LogP contribution in [0.3, 0.4) is 0 Å². The molecule has 0 bridgehead atoms. The number of para-hydroxylation sites is 2. The summed E-state index contributed by atoms with van der Waals surface area (Å²) in [5.41, 5.74) is 5.61. The number of nitrogens with zero attached hydrogens (tertiary/aromatic N) is 5. The topological polar surface area (TPSA) is 65.6 Å². The van der Waals surface area contributed by atoms with E-state index in [2.05, 4.69) is 45.0 Å². The Morgan fingerprint density at radius 1 is 0.906 bits per heavy atom. The van der Waals surface area contributed by atoms with Crippen molar-refractivity contribution in [3.05, 3.63) is 70.3 Å². The van der Waals surface area contributed by atoms with Gasteiger partial charge >= 0.3 is 0 Å². The van der Waals surface area contributed by atoms with E-state index in [0.29, 0.717) is 40.5 Å². The van der Waals surface area contributed by atoms with Crippen molar-refractivity contribution in [1.82, 2.24) is 24.1 Å². The van der Waals surface area contributed by atoms with Crippen LogP contribution in [0.25, 0.3) is 38.9 Å². The molecule has 5 rings (SSSR count). The number of benzene rings is 2. The first-order valence-electron chi connectivity index (χ1n) is 11.3. The molecule has 6 heteroatoms. The highest BCUT2D eigenvalue weighted by Gasteiger charge is 2.22. The van der Waals surface area contributed by atoms with E-state index in [9.17, 15) is 4.79 Å². The molecule has 6 nitrogen and oxygen atoms in total. The van der Waals surface area contributed by atoms with Crippen LogP contribution in [0.4, 0.5) is 0 Å². The quantitative estimate of drug-likeness (QED) is 0.372. The van der Waals surface area contributed by atoms with E-state index >= 15 is 0 Å². The van der Waals surface area contributed by atoms with Gasteiger partial charge in [0.15, 0.2) is 11.3 Å². The van der Waals surface area contributed by atoms with Crippen LogP contribution in [-0.2, 0) is 6.54 Å². The molecule has 0 aliphatic rings. The molecule has 2 aromatic carbocycles. The Morgan fingerprint density at radius 2 is 1.59 bits per heavy atom. The second kappa shape index (κ2) is 7.86. The SMILES string of the molecule is CCCn1c(C)nc2c(c1=O)c1nc3ccccc3nc1n2-c1ccc([C@@H](C)CC)cc1. The summed E-state index contributed by atoms with van der Waals surface area (Å²) in [6.45, 7) is 9.01. The highest BCUT2D eigenvalue weighted by molar-refractivity contribution is 6.05. The van der Waals surface area contributed by atoms with E-state index in [1.165, 1.54) is 5.56 Å². The highest BCUT2D eigenvalue weighted by atomic mass is 16.1. The number of hydrogen-bond donors (Lipinski definition) is 0. The third-order valence-corrected chi connectivity index (χ3v) is 6.33. The number of rotatable bonds is 5. The van der Waals surface area contributed by atoms with Crippen molar-refractivity contribution >= 4 is 33.2 Å². The molecule has 0 spiro atoms. The van der Waals surface area contributed by atoms with Gasteiger partial charge in [0.1, 0.15) is 16.7 Å². The van der Waals surface area contributed by atoms with E-state index in [1.807, 2.05) is 35.8 Å². The van der Waals surface area contributed by atoms with Gasteiger partial charge in [0.2, 0.25) is 0 Å². The molecule has 0 aliphatic heterocycles. The second-order valence-corrected chi connectivity index (χ2v) is 8.44. The zero-order valence-electron chi connectivity index (χ0n) is 19.0. The van der Waals surface area contributed by atoms with Crippen molar-refractivity contribution in [3.63, 3.8) is 0 Å². The standard InChI is InChI=1S/C26H27N5O/c1-5-15-30-17(4)27-24-22(26(30)32)23-25(29-21-10-8-7-9-20(21)28-23)31(24)19-13-11-18(12-14-19)16(3)6-2/h7-14,16H,5-6,15H2,1-4H3/t16-/m0/s1. The Bertz CT molecular complexity index is 1510. The number of hydrogen-bond acceptors (Lipinski definition) is 4. The van der Waals surface area contributed by atoms with Gasteiger partial charge in [-0.3, -0.25) is 13.9 Å². The molecule has 0 saturated carbocycles. The minimum atomic E-state index is -0.0566. The van der Waals surface area contributed by atoms with Crippen LogP contribution in [0.15, 0.2) is 53.3 Å². The molecular formula is C26H27N5O. The van der Waals surface area contributed by atoms with E-state index < -0.39 is 0 Å². The maximum atomic E-state index is 13.6. The predicted molar refractivity (Wildman–Crippen MR) is 130 cm³/mol. The molecule has 0 amide bonds. The van der Waals surface area contributed by atoms with Crippen LogP contribution in [0.5, 0.6) is 0 Å². The van der Waals surface area contributed by atoms with Crippen LogP contribution >= 0.6 is 0 Å². The van der Waals surface area contributed by atoms with Gasteiger partial charge in [0, 0.05) is 12.2 Å². The van der Waals surface area contributed by atoms with Gasteiger partial charge in [-0.05, 0) is 55.5 Å². The molecular weight excluding hydrogens is 398 g/mol. The molecule has 0 fully saturated rings. The minimum Gasteiger partial charge on any atom is -0.296 e. The maximum Gasteiger partial charge on any atom is 0.265 e. The van der Waals surface area contributed by atoms with Gasteiger partial charge in [0.25, 0.3) is 5.56 Å². The number of fused-ring (bicyclic) bond motifs is 4. The number of aromatic nitrogens is 5. The smallest absolute Gasteiger partial charge is 0.265 e. The summed E-state index contributed by atoms with van der Waals surface area (Å²) in [6.07, 6.45) is 1.95. The van der Waals surface area contributed by atoms with Crippen molar-refractivity contribution in [2.24, 2.45) is 0 Å². The molecule has 0 aliphatic carbocycles. The molecule has 0 N–H and O–H groups in total. The summed E-state index contributed by atoms with van der Waals surface area (Å²) in [6, 6.07) is 16.3. The van der Waals surface area contributed by atoms with Crippen molar-refractivity contribution in [3.8, 4) is 5.69 Å². The first kappa shape index (κ1) is 20.4. The predicted octanol–water partition coefficient (Wildman–Crippen LogP) is 5.52. The van der Waals surface area contributed by atoms with Crippen LogP contribution in [0.1, 0.15) is 50.9 Å². The number of aryl methyl sites for hydroxylation is 1. The van der Waals surface area contributed by atoms with Crippen LogP contribution in [-0.4, -0.2) is 24.1 Å². The Labute approximate surface area is 186 Å². The fourth-order valence-corrected chi connectivity index (χ4v) is 4.35. The molecule has 0 saturated heterocycles. The summed E-state index contributed by atoms with van der Waals surface area (Å²) in [5, 5.41) is 0.531. The lowest BCUT2D eigenvalue weighted by Gasteiger charge is -2.12. The lowest BCUT2D eigenvalue weighted by Crippen LogP contribution is -2.24. The van der Waals surface area contributed by atoms with Crippen LogP contribution < -0.4 is 5.56 Å². The van der Waals surface area contributed by atoms with Gasteiger partial charge in [-0.1, -0.05) is 45.0 Å². The Hall–Kier alpha value is -3.54. The molecule has 162 valence electrons. The summed E-state index contributed by atoms with van der Waals surface area (Å²) >= 11 is 0. The van der Waals surface area contributed by atoms with E-state index in [4.69, 9.17) is 15.0 Å². The molecule has 1 atom stereocenters. The zero-order chi connectivity index (χ0) is 22.4. The molecule has 5 aromatic rings. The molecule has 0 radical (unpaired) electrons. The van der Waals surface area contributed by atoms with E-state index in [0.717, 1.165) is 29.6 Å². The fourth-order valence-electron chi connectivity index (χ4n) is 4.35. The van der Waals surface area contributed by atoms with Crippen LogP contribution in [0.2, 0.25) is 0 Å². The summed E-state index contributed by atoms with van der Waals surface area (Å²) in [7, 11) is 0. The highest BCUT2D eigenvalue weighted by Crippen LogP contribution is 2.29. The van der Waals surface area contributed by atoms with E-state index in [1.54, 1.807) is 4.57 Å². The van der Waals surface area contributed by atoms with Crippen LogP contribution in [0, 0.1) is 6.92 Å². The molecule has 3 heterocycles. The zero-order valence-corrected chi connectivity index (χ0v) is 19.0. The first-order chi connectivity index (χ1) is 15.5. The lowest BCUT2D eigenvalue weighted by atomic mass is 9.99. The van der Waals surface area contributed by atoms with Gasteiger partial charge in [-0.15, -0.1) is 0 Å². The normalized spacial score (nSPS) is 12.8. The van der Waals surface area contributed by atoms with Gasteiger partial charge < -0.3 is 0 Å². The van der Waals surface area contributed by atoms with Crippen molar-refractivity contribution in [2.75, 3.05) is 0 Å². The maximum absolute atomic E-state index is 13.6. The second-order valence-electron chi connectivity index (χ2n) is 8.44. The average molecular weight is 426 g/mol. The van der Waals surface area contributed by atoms with Crippen molar-refractivity contribution in [2.45, 2.75) is 53.0 Å². The minimum absolute atomic E-state index is 0.0566. The van der Waals surface area contributed by atoms with Gasteiger partial charge in [-0.2, -0.15) is 0 Å². The Morgan fingerprint density at radius 3 is 2.25 bits per heavy atom. The molecule has 32 heavy (non-hydrogen) atoms. The van der Waals surface area contributed by atoms with Crippen molar-refractivity contribution < 1.29 is 0 Å². The summed E-state index contributed by atoms with van der Waals surface area (Å²) in [5.74, 6) is 1.20.